The molecule has 1 rings (SSSR count). The fourth-order valence-electron chi connectivity index (χ4n) is 0.857. The van der Waals surface area contributed by atoms with Crippen molar-refractivity contribution in [2.24, 2.45) is 5.92 Å². The molecule has 0 aromatic heterocycles. The quantitative estimate of drug-likeness (QED) is 0.495. The van der Waals surface area contributed by atoms with Crippen LogP contribution in [0.4, 0.5) is 0 Å². The van der Waals surface area contributed by atoms with Gasteiger partial charge in [-0.3, -0.25) is 0 Å². The van der Waals surface area contributed by atoms with Crippen LogP contribution in [0.2, 0.25) is 0 Å². The highest BCUT2D eigenvalue weighted by Crippen LogP contribution is 2.04. The monoisotopic (exact) mass is 100 g/mol. The molecule has 2 heteroatoms. The Labute approximate surface area is 43.5 Å². The standard InChI is InChI=1S/C5H10NO/c7-4-5-1-2-6-3-5/h5-6H,1-4H2. The van der Waals surface area contributed by atoms with Crippen molar-refractivity contribution < 1.29 is 5.11 Å². The number of hydrogen-bond donors (Lipinski definition) is 1. The molecule has 0 bridgehead atoms. The van der Waals surface area contributed by atoms with Gasteiger partial charge >= 0.3 is 0 Å². The van der Waals surface area contributed by atoms with Crippen molar-refractivity contribution in [3.8, 4) is 0 Å². The molecule has 7 heavy (non-hydrogen) atoms. The summed E-state index contributed by atoms with van der Waals surface area (Å²) in [5.41, 5.74) is 0. The molecule has 1 atom stereocenters. The minimum Gasteiger partial charge on any atom is -0.316 e. The average Bonchev–Trinajstić information content (AvgIpc) is 2.14. The molecule has 0 aliphatic carbocycles. The van der Waals surface area contributed by atoms with Gasteiger partial charge in [0.25, 0.3) is 0 Å². The molecule has 1 heterocycles. The molecule has 0 aromatic carbocycles. The predicted octanol–water partition coefficient (Wildman–Crippen LogP) is 0.0264. The maximum Gasteiger partial charge on any atom is 0.0863 e. The molecule has 0 spiro atoms. The summed E-state index contributed by atoms with van der Waals surface area (Å²) in [6, 6.07) is 0. The van der Waals surface area contributed by atoms with Crippen LogP contribution in [0.3, 0.4) is 0 Å². The Bertz CT molecular complexity index is 50.0. The molecular formula is C5H10NO. The van der Waals surface area contributed by atoms with Gasteiger partial charge in [0.15, 0.2) is 0 Å². The lowest BCUT2D eigenvalue weighted by Crippen LogP contribution is -2.10. The minimum atomic E-state index is 0.104. The summed E-state index contributed by atoms with van der Waals surface area (Å²) < 4.78 is 0. The van der Waals surface area contributed by atoms with Crippen LogP contribution < -0.4 is 5.32 Å². The summed E-state index contributed by atoms with van der Waals surface area (Å²) in [4.78, 5) is 0. The van der Waals surface area contributed by atoms with Gasteiger partial charge in [-0.25, -0.2) is 5.11 Å². The number of hydrogen-bond acceptors (Lipinski definition) is 1. The molecule has 1 aliphatic heterocycles. The fourth-order valence-corrected chi connectivity index (χ4v) is 0.857. The first-order valence-corrected chi connectivity index (χ1v) is 2.72. The first kappa shape index (κ1) is 5.06. The van der Waals surface area contributed by atoms with Gasteiger partial charge in [-0.1, -0.05) is 0 Å². The Hall–Kier alpha value is -0.0800. The lowest BCUT2D eigenvalue weighted by atomic mass is 10.1. The normalized spacial score (nSPS) is 31.3. The fraction of sp³-hybridized carbons (Fsp3) is 1.00. The van der Waals surface area contributed by atoms with Gasteiger partial charge in [0.1, 0.15) is 0 Å². The van der Waals surface area contributed by atoms with Crippen LogP contribution in [0.5, 0.6) is 0 Å². The summed E-state index contributed by atoms with van der Waals surface area (Å²) in [5, 5.41) is 13.2. The first-order valence-electron chi connectivity index (χ1n) is 2.72. The zero-order valence-corrected chi connectivity index (χ0v) is 4.31. The topological polar surface area (TPSA) is 31.9 Å². The Morgan fingerprint density at radius 1 is 1.71 bits per heavy atom. The maximum absolute atomic E-state index is 10.1. The SMILES string of the molecule is [O]CC1CCNC1. The van der Waals surface area contributed by atoms with Crippen molar-refractivity contribution in [1.82, 2.24) is 5.32 Å². The van der Waals surface area contributed by atoms with Crippen LogP contribution in [-0.4, -0.2) is 19.7 Å². The van der Waals surface area contributed by atoms with Gasteiger partial charge in [-0.05, 0) is 18.9 Å². The van der Waals surface area contributed by atoms with Gasteiger partial charge in [0.2, 0.25) is 0 Å². The molecule has 1 saturated heterocycles. The number of rotatable bonds is 1. The van der Waals surface area contributed by atoms with E-state index in [9.17, 15) is 5.11 Å². The van der Waals surface area contributed by atoms with Crippen molar-refractivity contribution in [1.29, 1.82) is 0 Å². The molecule has 1 unspecified atom stereocenters. The zero-order chi connectivity index (χ0) is 5.11. The number of nitrogens with one attached hydrogen (secondary N) is 1. The van der Waals surface area contributed by atoms with Crippen LogP contribution in [0, 0.1) is 5.92 Å². The van der Waals surface area contributed by atoms with E-state index in [0.29, 0.717) is 5.92 Å². The van der Waals surface area contributed by atoms with Gasteiger partial charge in [0, 0.05) is 6.54 Å². The lowest BCUT2D eigenvalue weighted by molar-refractivity contribution is 0.151. The summed E-state index contributed by atoms with van der Waals surface area (Å²) in [6.07, 6.45) is 1.09. The Morgan fingerprint density at radius 2 is 2.57 bits per heavy atom. The Balaban J connectivity index is 2.14. The third-order valence-electron chi connectivity index (χ3n) is 1.40. The highest BCUT2D eigenvalue weighted by molar-refractivity contribution is 4.68. The second kappa shape index (κ2) is 2.28. The van der Waals surface area contributed by atoms with E-state index < -0.39 is 0 Å². The van der Waals surface area contributed by atoms with Crippen LogP contribution in [0.1, 0.15) is 6.42 Å². The van der Waals surface area contributed by atoms with Gasteiger partial charge < -0.3 is 5.32 Å². The molecule has 2 nitrogen and oxygen atoms in total. The Kier molecular flexibility index (Phi) is 1.65. The molecule has 1 N–H and O–H groups in total. The van der Waals surface area contributed by atoms with Crippen molar-refractivity contribution in [3.63, 3.8) is 0 Å². The van der Waals surface area contributed by atoms with Crippen LogP contribution >= 0.6 is 0 Å². The largest absolute Gasteiger partial charge is 0.316 e. The van der Waals surface area contributed by atoms with E-state index in [4.69, 9.17) is 0 Å². The van der Waals surface area contributed by atoms with E-state index in [1.165, 1.54) is 0 Å². The van der Waals surface area contributed by atoms with Crippen molar-refractivity contribution in [2.75, 3.05) is 19.7 Å². The van der Waals surface area contributed by atoms with E-state index in [0.717, 1.165) is 19.5 Å². The summed E-state index contributed by atoms with van der Waals surface area (Å²) in [6.45, 7) is 2.10. The molecule has 1 radical (unpaired) electrons. The van der Waals surface area contributed by atoms with Crippen LogP contribution in [0.15, 0.2) is 0 Å². The highest BCUT2D eigenvalue weighted by Gasteiger charge is 2.12. The van der Waals surface area contributed by atoms with E-state index >= 15 is 0 Å². The molecular weight excluding hydrogens is 90.1 g/mol. The molecule has 0 amide bonds. The molecule has 1 fully saturated rings. The second-order valence-electron chi connectivity index (χ2n) is 2.03. The molecule has 0 saturated carbocycles. The molecule has 0 aromatic rings. The van der Waals surface area contributed by atoms with Crippen LogP contribution in [0.25, 0.3) is 0 Å². The third kappa shape index (κ3) is 1.14. The van der Waals surface area contributed by atoms with Gasteiger partial charge in [0.05, 0.1) is 6.61 Å². The summed E-state index contributed by atoms with van der Waals surface area (Å²) in [5.74, 6) is 0.431. The zero-order valence-electron chi connectivity index (χ0n) is 4.31. The van der Waals surface area contributed by atoms with Crippen molar-refractivity contribution in [3.05, 3.63) is 0 Å². The molecule has 1 aliphatic rings. The summed E-state index contributed by atoms with van der Waals surface area (Å²) >= 11 is 0. The van der Waals surface area contributed by atoms with Crippen molar-refractivity contribution >= 4 is 0 Å². The smallest absolute Gasteiger partial charge is 0.0863 e. The summed E-state index contributed by atoms with van der Waals surface area (Å²) in [7, 11) is 0. The second-order valence-corrected chi connectivity index (χ2v) is 2.03. The third-order valence-corrected chi connectivity index (χ3v) is 1.40. The lowest BCUT2D eigenvalue weighted by Gasteiger charge is -1.96. The van der Waals surface area contributed by atoms with E-state index in [1.54, 1.807) is 0 Å². The van der Waals surface area contributed by atoms with Crippen molar-refractivity contribution in [2.45, 2.75) is 6.42 Å². The van der Waals surface area contributed by atoms with E-state index in [-0.39, 0.29) is 6.61 Å². The Morgan fingerprint density at radius 3 is 2.86 bits per heavy atom. The maximum atomic E-state index is 10.1. The van der Waals surface area contributed by atoms with E-state index in [1.807, 2.05) is 0 Å². The first-order chi connectivity index (χ1) is 3.43. The predicted molar refractivity (Wildman–Crippen MR) is 26.5 cm³/mol. The van der Waals surface area contributed by atoms with Gasteiger partial charge in [-0.2, -0.15) is 0 Å². The molecule has 41 valence electrons. The highest BCUT2D eigenvalue weighted by atomic mass is 16.3. The van der Waals surface area contributed by atoms with Crippen LogP contribution in [-0.2, 0) is 5.11 Å². The average molecular weight is 100 g/mol. The minimum absolute atomic E-state index is 0.104. The van der Waals surface area contributed by atoms with E-state index in [2.05, 4.69) is 5.32 Å². The van der Waals surface area contributed by atoms with Gasteiger partial charge in [-0.15, -0.1) is 0 Å².